The van der Waals surface area contributed by atoms with E-state index in [0.29, 0.717) is 50.3 Å². The van der Waals surface area contributed by atoms with Gasteiger partial charge in [-0.2, -0.15) is 13.2 Å². The summed E-state index contributed by atoms with van der Waals surface area (Å²) in [6, 6.07) is 12.4. The van der Waals surface area contributed by atoms with Crippen LogP contribution in [0.3, 0.4) is 0 Å². The van der Waals surface area contributed by atoms with Crippen molar-refractivity contribution >= 4 is 17.8 Å². The van der Waals surface area contributed by atoms with Crippen molar-refractivity contribution in [3.8, 4) is 11.5 Å². The van der Waals surface area contributed by atoms with Crippen molar-refractivity contribution in [3.05, 3.63) is 89.2 Å². The summed E-state index contributed by atoms with van der Waals surface area (Å²) in [4.78, 5) is 48.2. The van der Waals surface area contributed by atoms with Gasteiger partial charge in [-0.15, -0.1) is 0 Å². The largest absolute Gasteiger partial charge is 0.490 e. The Hall–Kier alpha value is -4.79. The fraction of sp³-hybridized carbons (Fsp3) is 0.545. The molecule has 2 aliphatic heterocycles. The molecule has 3 fully saturated rings. The number of piperidine rings is 2. The number of rotatable bonds is 14. The minimum Gasteiger partial charge on any atom is -0.490 e. The van der Waals surface area contributed by atoms with Gasteiger partial charge in [0.15, 0.2) is 0 Å². The van der Waals surface area contributed by atoms with Gasteiger partial charge in [-0.3, -0.25) is 19.4 Å². The number of para-hydroxylation sites is 1. The standard InChI is InChI=1S/C44H52F5N3O7/c1-4-10-35-43(59-31-16-14-30(15-17-31)44(47,48)49,21-9-26-52(35)37(53)36-33(40(3,45)46)12-7-25-50-36)38(54)51-27-23-42(57,24-28-51)32-11-5-6-13-34(32)58-29(2)18-22-41(39(55)56)19-8-20-41/h5-7,11-17,25,29,35,57H,4,8-10,18-24,26-28H2,1-3H3,(H,55,56)/t29?,35-,43+/m1/s1. The maximum Gasteiger partial charge on any atom is 0.416 e. The summed E-state index contributed by atoms with van der Waals surface area (Å²) in [5, 5.41) is 21.9. The van der Waals surface area contributed by atoms with E-state index in [4.69, 9.17) is 9.47 Å². The summed E-state index contributed by atoms with van der Waals surface area (Å²) in [6.45, 7) is 4.52. The predicted molar refractivity (Wildman–Crippen MR) is 207 cm³/mol. The number of carbonyl (C=O) groups is 3. The molecule has 2 aromatic carbocycles. The van der Waals surface area contributed by atoms with Gasteiger partial charge < -0.3 is 29.5 Å². The summed E-state index contributed by atoms with van der Waals surface area (Å²) >= 11 is 0. The van der Waals surface area contributed by atoms with Gasteiger partial charge in [0.1, 0.15) is 17.2 Å². The van der Waals surface area contributed by atoms with E-state index in [9.17, 15) is 41.8 Å². The van der Waals surface area contributed by atoms with Crippen molar-refractivity contribution in [2.24, 2.45) is 5.41 Å². The third-order valence-electron chi connectivity index (χ3n) is 12.4. The molecule has 2 saturated heterocycles. The molecule has 1 aromatic heterocycles. The lowest BCUT2D eigenvalue weighted by Crippen LogP contribution is -2.68. The lowest BCUT2D eigenvalue weighted by molar-refractivity contribution is -0.163. The topological polar surface area (TPSA) is 130 Å². The van der Waals surface area contributed by atoms with Crippen molar-refractivity contribution in [3.63, 3.8) is 0 Å². The first-order valence-corrected chi connectivity index (χ1v) is 20.4. The van der Waals surface area contributed by atoms with Crippen molar-refractivity contribution in [1.82, 2.24) is 14.8 Å². The van der Waals surface area contributed by atoms with E-state index >= 15 is 4.79 Å². The number of aliphatic hydroxyl groups is 1. The van der Waals surface area contributed by atoms with E-state index in [1.807, 2.05) is 13.8 Å². The highest BCUT2D eigenvalue weighted by Crippen LogP contribution is 2.46. The Morgan fingerprint density at radius 1 is 0.915 bits per heavy atom. The SMILES string of the molecule is CCC[C@H]1N(C(=O)c2ncccc2C(C)(F)F)CCC[C@@]1(Oc1ccc(C(F)(F)F)cc1)C(=O)N1CCC(O)(c2ccccc2OC(C)CCC2(C(=O)O)CCC2)CC1. The van der Waals surface area contributed by atoms with Crippen LogP contribution in [0.4, 0.5) is 22.0 Å². The number of ether oxygens (including phenoxy) is 2. The molecule has 6 rings (SSSR count). The van der Waals surface area contributed by atoms with Crippen molar-refractivity contribution in [2.45, 2.75) is 127 Å². The second kappa shape index (κ2) is 17.1. The normalized spacial score (nSPS) is 22.2. The van der Waals surface area contributed by atoms with Gasteiger partial charge in [0, 0.05) is 44.7 Å². The first kappa shape index (κ1) is 43.8. The monoisotopic (exact) mass is 829 g/mol. The van der Waals surface area contributed by atoms with Crippen molar-refractivity contribution < 1.29 is 56.0 Å². The molecule has 320 valence electrons. The molecule has 3 heterocycles. The van der Waals surface area contributed by atoms with Gasteiger partial charge in [-0.05, 0) is 101 Å². The average molecular weight is 830 g/mol. The highest BCUT2D eigenvalue weighted by molar-refractivity contribution is 5.96. The molecule has 15 heteroatoms. The number of benzene rings is 2. The summed E-state index contributed by atoms with van der Waals surface area (Å²) in [5.41, 5.74) is -5.45. The number of hydrogen-bond acceptors (Lipinski definition) is 7. The van der Waals surface area contributed by atoms with Crippen LogP contribution in [0.2, 0.25) is 0 Å². The number of nitrogens with zero attached hydrogens (tertiary/aromatic N) is 3. The number of carboxylic acids is 1. The van der Waals surface area contributed by atoms with Crippen LogP contribution in [0.5, 0.6) is 11.5 Å². The molecule has 0 radical (unpaired) electrons. The molecular weight excluding hydrogens is 777 g/mol. The minimum absolute atomic E-state index is 0.0394. The number of aromatic nitrogens is 1. The fourth-order valence-corrected chi connectivity index (χ4v) is 8.89. The Kier molecular flexibility index (Phi) is 12.7. The molecule has 0 spiro atoms. The zero-order chi connectivity index (χ0) is 42.8. The van der Waals surface area contributed by atoms with Crippen molar-refractivity contribution in [1.29, 1.82) is 0 Å². The van der Waals surface area contributed by atoms with Crippen LogP contribution in [0.25, 0.3) is 0 Å². The number of carbonyl (C=O) groups excluding carboxylic acids is 2. The number of likely N-dealkylation sites (tertiary alicyclic amines) is 2. The van der Waals surface area contributed by atoms with Gasteiger partial charge in [-0.1, -0.05) is 38.0 Å². The summed E-state index contributed by atoms with van der Waals surface area (Å²) in [7, 11) is 0. The zero-order valence-electron chi connectivity index (χ0n) is 33.6. The molecule has 2 amide bonds. The summed E-state index contributed by atoms with van der Waals surface area (Å²) in [6.07, 6.45) is 0.438. The Balaban J connectivity index is 1.28. The lowest BCUT2D eigenvalue weighted by Gasteiger charge is -2.51. The van der Waals surface area contributed by atoms with E-state index in [0.717, 1.165) is 36.8 Å². The van der Waals surface area contributed by atoms with Crippen molar-refractivity contribution in [2.75, 3.05) is 19.6 Å². The van der Waals surface area contributed by atoms with Gasteiger partial charge in [0.2, 0.25) is 5.60 Å². The smallest absolute Gasteiger partial charge is 0.416 e. The predicted octanol–water partition coefficient (Wildman–Crippen LogP) is 8.75. The quantitative estimate of drug-likeness (QED) is 0.155. The molecule has 1 aliphatic carbocycles. The third-order valence-corrected chi connectivity index (χ3v) is 12.4. The Morgan fingerprint density at radius 2 is 1.59 bits per heavy atom. The fourth-order valence-electron chi connectivity index (χ4n) is 8.89. The maximum atomic E-state index is 15.1. The van der Waals surface area contributed by atoms with Gasteiger partial charge in [0.25, 0.3) is 17.7 Å². The number of pyridine rings is 1. The van der Waals surface area contributed by atoms with Crippen LogP contribution >= 0.6 is 0 Å². The van der Waals surface area contributed by atoms with E-state index < -0.39 is 69.4 Å². The van der Waals surface area contributed by atoms with E-state index in [1.54, 1.807) is 24.3 Å². The number of aliphatic carboxylic acids is 1. The number of amides is 2. The summed E-state index contributed by atoms with van der Waals surface area (Å²) < 4.78 is 83.1. The van der Waals surface area contributed by atoms with Crippen LogP contribution in [0, 0.1) is 5.41 Å². The van der Waals surface area contributed by atoms with Gasteiger partial charge in [0.05, 0.1) is 34.3 Å². The highest BCUT2D eigenvalue weighted by atomic mass is 19.4. The first-order chi connectivity index (χ1) is 27.8. The summed E-state index contributed by atoms with van der Waals surface area (Å²) in [5.74, 6) is -5.17. The number of carboxylic acid groups (broad SMARTS) is 1. The van der Waals surface area contributed by atoms with E-state index in [1.165, 1.54) is 22.1 Å². The average Bonchev–Trinajstić information content (AvgIpc) is 3.17. The minimum atomic E-state index is -4.63. The lowest BCUT2D eigenvalue weighted by atomic mass is 9.66. The van der Waals surface area contributed by atoms with Crippen LogP contribution < -0.4 is 9.47 Å². The van der Waals surface area contributed by atoms with Crippen LogP contribution in [-0.2, 0) is 27.3 Å². The van der Waals surface area contributed by atoms with Crippen LogP contribution in [0.15, 0.2) is 66.9 Å². The molecule has 1 saturated carbocycles. The molecule has 59 heavy (non-hydrogen) atoms. The zero-order valence-corrected chi connectivity index (χ0v) is 33.6. The van der Waals surface area contributed by atoms with Crippen LogP contribution in [-0.4, -0.2) is 80.2 Å². The molecule has 1 unspecified atom stereocenters. The molecule has 2 N–H and O–H groups in total. The maximum absolute atomic E-state index is 15.1. The van der Waals surface area contributed by atoms with E-state index in [-0.39, 0.29) is 63.6 Å². The van der Waals surface area contributed by atoms with E-state index in [2.05, 4.69) is 4.98 Å². The Morgan fingerprint density at radius 3 is 2.19 bits per heavy atom. The number of alkyl halides is 5. The number of hydrogen-bond donors (Lipinski definition) is 2. The third kappa shape index (κ3) is 9.04. The van der Waals surface area contributed by atoms with Crippen LogP contribution in [0.1, 0.15) is 119 Å². The highest BCUT2D eigenvalue weighted by Gasteiger charge is 2.56. The first-order valence-electron chi connectivity index (χ1n) is 20.4. The number of halogens is 5. The molecular formula is C44H52F5N3O7. The Labute approximate surface area is 340 Å². The van der Waals surface area contributed by atoms with Gasteiger partial charge >= 0.3 is 12.1 Å². The molecule has 3 aliphatic rings. The Bertz CT molecular complexity index is 1980. The molecule has 3 aromatic rings. The molecule has 0 bridgehead atoms. The molecule has 10 nitrogen and oxygen atoms in total. The molecule has 3 atom stereocenters. The van der Waals surface area contributed by atoms with Gasteiger partial charge in [-0.25, -0.2) is 8.78 Å². The second-order valence-electron chi connectivity index (χ2n) is 16.4. The second-order valence-corrected chi connectivity index (χ2v) is 16.4.